The highest BCUT2D eigenvalue weighted by molar-refractivity contribution is 6.35. The van der Waals surface area contributed by atoms with Crippen molar-refractivity contribution in [3.05, 3.63) is 64.3 Å². The van der Waals surface area contributed by atoms with E-state index in [1.165, 1.54) is 6.07 Å². The van der Waals surface area contributed by atoms with Crippen molar-refractivity contribution >= 4 is 51.7 Å². The summed E-state index contributed by atoms with van der Waals surface area (Å²) in [7, 11) is 0. The van der Waals surface area contributed by atoms with E-state index in [2.05, 4.69) is 10.3 Å². The third-order valence-corrected chi connectivity index (χ3v) is 3.91. The number of anilines is 1. The van der Waals surface area contributed by atoms with Crippen molar-refractivity contribution in [2.24, 2.45) is 0 Å². The van der Waals surface area contributed by atoms with Crippen LogP contribution in [0, 0.1) is 0 Å². The summed E-state index contributed by atoms with van der Waals surface area (Å²) in [4.78, 5) is 27.0. The summed E-state index contributed by atoms with van der Waals surface area (Å²) in [5, 5.41) is 4.06. The first-order chi connectivity index (χ1) is 11.5. The number of aromatic nitrogens is 1. The third-order valence-electron chi connectivity index (χ3n) is 3.35. The van der Waals surface area contributed by atoms with E-state index in [1.54, 1.807) is 24.4 Å². The van der Waals surface area contributed by atoms with Gasteiger partial charge in [0.1, 0.15) is 0 Å². The Bertz CT molecular complexity index is 921. The molecule has 1 amide bonds. The summed E-state index contributed by atoms with van der Waals surface area (Å²) in [6, 6.07) is 12.0. The number of aromatic amines is 1. The van der Waals surface area contributed by atoms with Crippen LogP contribution in [0.1, 0.15) is 10.4 Å². The highest BCUT2D eigenvalue weighted by atomic mass is 35.5. The number of carbonyl (C=O) groups is 2. The number of benzene rings is 2. The number of H-pyrrole nitrogens is 1. The Morgan fingerprint density at radius 2 is 1.92 bits per heavy atom. The SMILES string of the molecule is O=C(COC(=O)c1c[nH]c2ccccc12)Nc1cc(Cl)ccc1Cl. The maximum absolute atomic E-state index is 12.1. The number of para-hydroxylation sites is 1. The van der Waals surface area contributed by atoms with Crippen LogP contribution in [-0.2, 0) is 9.53 Å². The summed E-state index contributed by atoms with van der Waals surface area (Å²) in [6.45, 7) is -0.429. The molecule has 0 radical (unpaired) electrons. The molecule has 2 aromatic carbocycles. The van der Waals surface area contributed by atoms with E-state index in [0.29, 0.717) is 21.3 Å². The van der Waals surface area contributed by atoms with Crippen LogP contribution >= 0.6 is 23.2 Å². The second-order valence-electron chi connectivity index (χ2n) is 5.00. The van der Waals surface area contributed by atoms with Gasteiger partial charge in [-0.15, -0.1) is 0 Å². The van der Waals surface area contributed by atoms with Crippen LogP contribution < -0.4 is 5.32 Å². The Labute approximate surface area is 147 Å². The molecule has 0 spiro atoms. The number of esters is 1. The van der Waals surface area contributed by atoms with Crippen LogP contribution in [0.4, 0.5) is 5.69 Å². The largest absolute Gasteiger partial charge is 0.452 e. The molecular weight excluding hydrogens is 351 g/mol. The second-order valence-corrected chi connectivity index (χ2v) is 5.84. The summed E-state index contributed by atoms with van der Waals surface area (Å²) in [5.74, 6) is -1.09. The van der Waals surface area contributed by atoms with Gasteiger partial charge in [0.15, 0.2) is 6.61 Å². The zero-order valence-corrected chi connectivity index (χ0v) is 13.8. The molecule has 0 atom stereocenters. The lowest BCUT2D eigenvalue weighted by Crippen LogP contribution is -2.21. The summed E-state index contributed by atoms with van der Waals surface area (Å²) < 4.78 is 5.05. The molecule has 24 heavy (non-hydrogen) atoms. The number of fused-ring (bicyclic) bond motifs is 1. The average Bonchev–Trinajstić information content (AvgIpc) is 3.00. The maximum Gasteiger partial charge on any atom is 0.340 e. The van der Waals surface area contributed by atoms with Gasteiger partial charge < -0.3 is 15.0 Å². The first-order valence-corrected chi connectivity index (χ1v) is 7.78. The van der Waals surface area contributed by atoms with Gasteiger partial charge in [-0.1, -0.05) is 41.4 Å². The van der Waals surface area contributed by atoms with Crippen molar-refractivity contribution in [1.29, 1.82) is 0 Å². The molecule has 1 aromatic heterocycles. The average molecular weight is 363 g/mol. The molecule has 122 valence electrons. The Morgan fingerprint density at radius 1 is 1.12 bits per heavy atom. The van der Waals surface area contributed by atoms with Crippen molar-refractivity contribution in [2.45, 2.75) is 0 Å². The summed E-state index contributed by atoms with van der Waals surface area (Å²) in [5.41, 5.74) is 1.55. The van der Waals surface area contributed by atoms with E-state index < -0.39 is 18.5 Å². The molecule has 0 aliphatic rings. The minimum absolute atomic E-state index is 0.343. The molecule has 3 rings (SSSR count). The molecule has 7 heteroatoms. The van der Waals surface area contributed by atoms with Crippen molar-refractivity contribution in [1.82, 2.24) is 4.98 Å². The van der Waals surface area contributed by atoms with E-state index >= 15 is 0 Å². The van der Waals surface area contributed by atoms with Crippen LogP contribution in [-0.4, -0.2) is 23.5 Å². The first kappa shape index (κ1) is 16.4. The predicted octanol–water partition coefficient (Wildman–Crippen LogP) is 4.27. The van der Waals surface area contributed by atoms with Crippen LogP contribution in [0.25, 0.3) is 10.9 Å². The second kappa shape index (κ2) is 6.95. The van der Waals surface area contributed by atoms with Gasteiger partial charge in [-0.25, -0.2) is 4.79 Å². The lowest BCUT2D eigenvalue weighted by atomic mass is 10.2. The van der Waals surface area contributed by atoms with Gasteiger partial charge in [-0.05, 0) is 24.3 Å². The van der Waals surface area contributed by atoms with E-state index in [0.717, 1.165) is 10.9 Å². The topological polar surface area (TPSA) is 71.2 Å². The number of ether oxygens (including phenoxy) is 1. The number of halogens is 2. The molecular formula is C17H12Cl2N2O3. The Kier molecular flexibility index (Phi) is 4.74. The maximum atomic E-state index is 12.1. The van der Waals surface area contributed by atoms with Crippen molar-refractivity contribution in [3.63, 3.8) is 0 Å². The van der Waals surface area contributed by atoms with Gasteiger partial charge >= 0.3 is 5.97 Å². The number of amides is 1. The van der Waals surface area contributed by atoms with E-state index in [1.807, 2.05) is 18.2 Å². The molecule has 0 aliphatic carbocycles. The molecule has 0 aliphatic heterocycles. The Hall–Kier alpha value is -2.50. The van der Waals surface area contributed by atoms with E-state index in [9.17, 15) is 9.59 Å². The van der Waals surface area contributed by atoms with Gasteiger partial charge in [0.25, 0.3) is 5.91 Å². The van der Waals surface area contributed by atoms with Crippen molar-refractivity contribution in [3.8, 4) is 0 Å². The molecule has 0 bridgehead atoms. The normalized spacial score (nSPS) is 10.6. The highest BCUT2D eigenvalue weighted by Crippen LogP contribution is 2.25. The van der Waals surface area contributed by atoms with E-state index in [-0.39, 0.29) is 0 Å². The third kappa shape index (κ3) is 3.53. The molecule has 5 nitrogen and oxygen atoms in total. The quantitative estimate of drug-likeness (QED) is 0.680. The van der Waals surface area contributed by atoms with Gasteiger partial charge in [-0.2, -0.15) is 0 Å². The smallest absolute Gasteiger partial charge is 0.340 e. The zero-order valence-electron chi connectivity index (χ0n) is 12.3. The molecule has 0 unspecified atom stereocenters. The van der Waals surface area contributed by atoms with Gasteiger partial charge in [0, 0.05) is 22.1 Å². The molecule has 0 saturated carbocycles. The minimum atomic E-state index is -0.584. The molecule has 0 saturated heterocycles. The fourth-order valence-electron chi connectivity index (χ4n) is 2.23. The lowest BCUT2D eigenvalue weighted by molar-refractivity contribution is -0.119. The zero-order chi connectivity index (χ0) is 17.1. The number of hydrogen-bond donors (Lipinski definition) is 2. The molecule has 2 N–H and O–H groups in total. The van der Waals surface area contributed by atoms with Crippen molar-refractivity contribution in [2.75, 3.05) is 11.9 Å². The standard InChI is InChI=1S/C17H12Cl2N2O3/c18-10-5-6-13(19)15(7-10)21-16(22)9-24-17(23)12-8-20-14-4-2-1-3-11(12)14/h1-8,20H,9H2,(H,21,22). The Morgan fingerprint density at radius 3 is 2.75 bits per heavy atom. The molecule has 3 aromatic rings. The van der Waals surface area contributed by atoms with Gasteiger partial charge in [0.2, 0.25) is 0 Å². The van der Waals surface area contributed by atoms with Crippen LogP contribution in [0.15, 0.2) is 48.7 Å². The highest BCUT2D eigenvalue weighted by Gasteiger charge is 2.15. The summed E-state index contributed by atoms with van der Waals surface area (Å²) in [6.07, 6.45) is 1.55. The first-order valence-electron chi connectivity index (χ1n) is 7.03. The lowest BCUT2D eigenvalue weighted by Gasteiger charge is -2.08. The fourth-order valence-corrected chi connectivity index (χ4v) is 2.57. The summed E-state index contributed by atoms with van der Waals surface area (Å²) >= 11 is 11.8. The molecule has 0 fully saturated rings. The fraction of sp³-hybridized carbons (Fsp3) is 0.0588. The number of rotatable bonds is 4. The van der Waals surface area contributed by atoms with E-state index in [4.69, 9.17) is 27.9 Å². The minimum Gasteiger partial charge on any atom is -0.452 e. The monoisotopic (exact) mass is 362 g/mol. The Balaban J connectivity index is 1.64. The number of nitrogens with one attached hydrogen (secondary N) is 2. The van der Waals surface area contributed by atoms with Crippen molar-refractivity contribution < 1.29 is 14.3 Å². The van der Waals surface area contributed by atoms with Gasteiger partial charge in [0.05, 0.1) is 16.3 Å². The van der Waals surface area contributed by atoms with Crippen LogP contribution in [0.2, 0.25) is 10.0 Å². The van der Waals surface area contributed by atoms with Gasteiger partial charge in [-0.3, -0.25) is 4.79 Å². The predicted molar refractivity (Wildman–Crippen MR) is 93.7 cm³/mol. The molecule has 1 heterocycles. The van der Waals surface area contributed by atoms with Crippen LogP contribution in [0.3, 0.4) is 0 Å². The number of hydrogen-bond acceptors (Lipinski definition) is 3. The van der Waals surface area contributed by atoms with Crippen LogP contribution in [0.5, 0.6) is 0 Å². The number of carbonyl (C=O) groups excluding carboxylic acids is 2.